The van der Waals surface area contributed by atoms with Crippen LogP contribution in [0.3, 0.4) is 0 Å². The van der Waals surface area contributed by atoms with Gasteiger partial charge >= 0.3 is 12.1 Å². The summed E-state index contributed by atoms with van der Waals surface area (Å²) in [6, 6.07) is 12.4. The fourth-order valence-electron chi connectivity index (χ4n) is 4.40. The minimum absolute atomic E-state index is 0.0402. The van der Waals surface area contributed by atoms with Crippen LogP contribution < -0.4 is 19.6 Å². The minimum atomic E-state index is -5.10. The lowest BCUT2D eigenvalue weighted by Gasteiger charge is -2.20. The van der Waals surface area contributed by atoms with E-state index < -0.39 is 46.5 Å². The molecule has 9 nitrogen and oxygen atoms in total. The third kappa shape index (κ3) is 5.06. The smallest absolute Gasteiger partial charge is 0.453 e. The zero-order valence-electron chi connectivity index (χ0n) is 22.4. The Hall–Kier alpha value is -5.13. The molecule has 0 saturated carbocycles. The monoisotopic (exact) mass is 581 g/mol. The van der Waals surface area contributed by atoms with Crippen molar-refractivity contribution in [2.24, 2.45) is 0 Å². The molecule has 1 aromatic heterocycles. The maximum absolute atomic E-state index is 13.9. The van der Waals surface area contributed by atoms with Crippen molar-refractivity contribution in [3.8, 4) is 23.0 Å². The van der Waals surface area contributed by atoms with E-state index in [1.54, 1.807) is 6.92 Å². The van der Waals surface area contributed by atoms with Crippen molar-refractivity contribution in [3.05, 3.63) is 93.3 Å². The molecular formula is C30H22F3NO8. The summed E-state index contributed by atoms with van der Waals surface area (Å²) >= 11 is 0. The number of rotatable bonds is 7. The average molecular weight is 581 g/mol. The summed E-state index contributed by atoms with van der Waals surface area (Å²) < 4.78 is 62.4. The minimum Gasteiger partial charge on any atom is -0.497 e. The number of hydrogen-bond acceptors (Lipinski definition) is 8. The summed E-state index contributed by atoms with van der Waals surface area (Å²) in [5.74, 6) is -4.54. The molecule has 0 fully saturated rings. The number of carbonyl (C=O) groups excluding carboxylic acids is 3. The van der Waals surface area contributed by atoms with Gasteiger partial charge in [0.25, 0.3) is 17.6 Å². The number of esters is 1. The maximum atomic E-state index is 13.9. The van der Waals surface area contributed by atoms with Crippen molar-refractivity contribution >= 4 is 28.8 Å². The molecule has 2 amide bonds. The SMILES string of the molecule is CCC(C)N1C(=O)c2ccc(C(=O)Oc3ccc4c(=O)c(Oc5ccc(OC)cc5)c(C(F)(F)F)oc4c3)cc2C1=O. The van der Waals surface area contributed by atoms with Crippen LogP contribution in [0.5, 0.6) is 23.0 Å². The van der Waals surface area contributed by atoms with Crippen molar-refractivity contribution in [2.45, 2.75) is 32.5 Å². The van der Waals surface area contributed by atoms with Gasteiger partial charge in [0.05, 0.1) is 29.2 Å². The second kappa shape index (κ2) is 10.7. The Balaban J connectivity index is 1.45. The van der Waals surface area contributed by atoms with Gasteiger partial charge in [0, 0.05) is 12.1 Å². The van der Waals surface area contributed by atoms with Crippen LogP contribution in [0.25, 0.3) is 11.0 Å². The van der Waals surface area contributed by atoms with Gasteiger partial charge in [0.2, 0.25) is 11.2 Å². The Morgan fingerprint density at radius 3 is 2.19 bits per heavy atom. The van der Waals surface area contributed by atoms with E-state index in [-0.39, 0.29) is 39.6 Å². The number of ether oxygens (including phenoxy) is 3. The van der Waals surface area contributed by atoms with Crippen molar-refractivity contribution in [1.82, 2.24) is 4.90 Å². The van der Waals surface area contributed by atoms with Crippen molar-refractivity contribution in [2.75, 3.05) is 7.11 Å². The first kappa shape index (κ1) is 28.4. The average Bonchev–Trinajstić information content (AvgIpc) is 3.22. The van der Waals surface area contributed by atoms with E-state index in [9.17, 15) is 32.3 Å². The number of amides is 2. The van der Waals surface area contributed by atoms with E-state index in [1.807, 2.05) is 6.92 Å². The molecule has 0 spiro atoms. The molecule has 5 rings (SSSR count). The first-order chi connectivity index (χ1) is 19.9. The quantitative estimate of drug-likeness (QED) is 0.144. The summed E-state index contributed by atoms with van der Waals surface area (Å²) in [7, 11) is 1.41. The highest BCUT2D eigenvalue weighted by molar-refractivity contribution is 6.22. The number of imide groups is 1. The summed E-state index contributed by atoms with van der Waals surface area (Å²) in [5.41, 5.74) is -1.47. The third-order valence-corrected chi connectivity index (χ3v) is 6.75. The molecule has 0 N–H and O–H groups in total. The molecule has 0 bridgehead atoms. The summed E-state index contributed by atoms with van der Waals surface area (Å²) in [6.45, 7) is 3.56. The van der Waals surface area contributed by atoms with Gasteiger partial charge in [-0.1, -0.05) is 6.92 Å². The van der Waals surface area contributed by atoms with Crippen LogP contribution in [0.2, 0.25) is 0 Å². The highest BCUT2D eigenvalue weighted by atomic mass is 19.4. The second-order valence-electron chi connectivity index (χ2n) is 9.41. The van der Waals surface area contributed by atoms with Crippen molar-refractivity contribution in [3.63, 3.8) is 0 Å². The fourth-order valence-corrected chi connectivity index (χ4v) is 4.40. The van der Waals surface area contributed by atoms with Gasteiger partial charge in [-0.25, -0.2) is 4.79 Å². The molecule has 0 radical (unpaired) electrons. The van der Waals surface area contributed by atoms with Crippen LogP contribution in [0, 0.1) is 0 Å². The van der Waals surface area contributed by atoms with E-state index in [4.69, 9.17) is 18.6 Å². The highest BCUT2D eigenvalue weighted by Gasteiger charge is 2.41. The molecule has 1 aliphatic rings. The molecule has 3 aromatic carbocycles. The molecule has 2 heterocycles. The van der Waals surface area contributed by atoms with Gasteiger partial charge in [0.15, 0.2) is 0 Å². The van der Waals surface area contributed by atoms with Crippen molar-refractivity contribution in [1.29, 1.82) is 0 Å². The third-order valence-electron chi connectivity index (χ3n) is 6.75. The van der Waals surface area contributed by atoms with Crippen molar-refractivity contribution < 1.29 is 46.2 Å². The predicted octanol–water partition coefficient (Wildman–Crippen LogP) is 6.23. The zero-order valence-corrected chi connectivity index (χ0v) is 22.4. The number of carbonyl (C=O) groups is 3. The number of alkyl halides is 3. The maximum Gasteiger partial charge on any atom is 0.453 e. The number of nitrogens with zero attached hydrogens (tertiary/aromatic N) is 1. The molecule has 12 heteroatoms. The molecule has 0 aliphatic carbocycles. The number of benzene rings is 3. The lowest BCUT2D eigenvalue weighted by atomic mass is 10.1. The number of fused-ring (bicyclic) bond motifs is 2. The molecule has 4 aromatic rings. The van der Waals surface area contributed by atoms with Crippen LogP contribution in [-0.2, 0) is 6.18 Å². The van der Waals surface area contributed by atoms with Gasteiger partial charge < -0.3 is 18.6 Å². The van der Waals surface area contributed by atoms with E-state index in [1.165, 1.54) is 55.6 Å². The van der Waals surface area contributed by atoms with Gasteiger partial charge in [-0.2, -0.15) is 13.2 Å². The molecule has 1 aliphatic heterocycles. The molecule has 1 unspecified atom stereocenters. The van der Waals surface area contributed by atoms with E-state index >= 15 is 0 Å². The van der Waals surface area contributed by atoms with E-state index in [0.29, 0.717) is 12.2 Å². The summed E-state index contributed by atoms with van der Waals surface area (Å²) in [5, 5.41) is -0.252. The Labute approximate surface area is 236 Å². The van der Waals surface area contributed by atoms with Crippen LogP contribution >= 0.6 is 0 Å². The van der Waals surface area contributed by atoms with Gasteiger partial charge in [-0.3, -0.25) is 19.3 Å². The van der Waals surface area contributed by atoms with Crippen LogP contribution in [0.15, 0.2) is 69.9 Å². The second-order valence-corrected chi connectivity index (χ2v) is 9.41. The van der Waals surface area contributed by atoms with Crippen LogP contribution in [-0.4, -0.2) is 35.8 Å². The highest BCUT2D eigenvalue weighted by Crippen LogP contribution is 2.39. The Morgan fingerprint density at radius 1 is 0.905 bits per heavy atom. The lowest BCUT2D eigenvalue weighted by Crippen LogP contribution is -2.37. The van der Waals surface area contributed by atoms with E-state index in [2.05, 4.69) is 0 Å². The first-order valence-corrected chi connectivity index (χ1v) is 12.7. The zero-order chi connectivity index (χ0) is 30.3. The number of methoxy groups -OCH3 is 1. The number of halogens is 3. The Bertz CT molecular complexity index is 1790. The first-order valence-electron chi connectivity index (χ1n) is 12.7. The molecular weight excluding hydrogens is 559 g/mol. The van der Waals surface area contributed by atoms with Gasteiger partial charge in [-0.05, 0) is 67.9 Å². The molecule has 0 saturated heterocycles. The topological polar surface area (TPSA) is 112 Å². The standard InChI is InChI=1S/C30H22F3NO8/c1-4-15(2)34-27(36)20-11-5-16(13-22(20)28(34)37)29(38)41-19-10-12-21-23(14-19)42-26(30(31,32)33)25(24(21)35)40-18-8-6-17(39-3)7-9-18/h5-15H,4H2,1-3H3. The van der Waals surface area contributed by atoms with Crippen LogP contribution in [0.1, 0.15) is 57.1 Å². The Kier molecular flexibility index (Phi) is 7.23. The number of hydrogen-bond donors (Lipinski definition) is 0. The molecule has 216 valence electrons. The molecule has 1 atom stereocenters. The molecule has 42 heavy (non-hydrogen) atoms. The van der Waals surface area contributed by atoms with Crippen LogP contribution in [0.4, 0.5) is 13.2 Å². The summed E-state index contributed by atoms with van der Waals surface area (Å²) in [4.78, 5) is 52.5. The fraction of sp³-hybridized carbons (Fsp3) is 0.200. The Morgan fingerprint density at radius 2 is 1.55 bits per heavy atom. The van der Waals surface area contributed by atoms with Gasteiger partial charge in [-0.15, -0.1) is 0 Å². The van der Waals surface area contributed by atoms with E-state index in [0.717, 1.165) is 17.0 Å². The predicted molar refractivity (Wildman–Crippen MR) is 142 cm³/mol. The summed E-state index contributed by atoms with van der Waals surface area (Å²) in [6.07, 6.45) is -4.55. The van der Waals surface area contributed by atoms with Gasteiger partial charge in [0.1, 0.15) is 22.8 Å². The normalized spacial score (nSPS) is 13.7. The lowest BCUT2D eigenvalue weighted by molar-refractivity contribution is -0.154. The largest absolute Gasteiger partial charge is 0.497 e.